The number of hydrogen-bond donors (Lipinski definition) is 6. The molecule has 0 atom stereocenters. The van der Waals surface area contributed by atoms with Crippen LogP contribution in [0.3, 0.4) is 0 Å². The molecule has 0 saturated heterocycles. The highest BCUT2D eigenvalue weighted by Gasteiger charge is 2.22. The van der Waals surface area contributed by atoms with Crippen LogP contribution in [0.2, 0.25) is 0 Å². The van der Waals surface area contributed by atoms with Crippen molar-refractivity contribution in [3.63, 3.8) is 0 Å². The van der Waals surface area contributed by atoms with Crippen LogP contribution in [0.1, 0.15) is 21.0 Å². The van der Waals surface area contributed by atoms with Crippen molar-refractivity contribution >= 4 is 98.4 Å². The Bertz CT molecular complexity index is 3420. The summed E-state index contributed by atoms with van der Waals surface area (Å²) in [5.41, 5.74) is 8.57. The molecule has 0 spiro atoms. The predicted octanol–water partition coefficient (Wildman–Crippen LogP) is 6.89. The Kier molecular flexibility index (Phi) is 11.1. The van der Waals surface area contributed by atoms with Gasteiger partial charge in [0.1, 0.15) is 5.82 Å². The lowest BCUT2D eigenvalue weighted by molar-refractivity contribution is 0.101. The van der Waals surface area contributed by atoms with E-state index in [9.17, 15) is 32.0 Å². The Morgan fingerprint density at radius 2 is 1.13 bits per heavy atom. The van der Waals surface area contributed by atoms with Crippen molar-refractivity contribution in [2.24, 2.45) is 0 Å². The second-order valence-electron chi connectivity index (χ2n) is 12.8. The first-order chi connectivity index (χ1) is 29.7. The van der Waals surface area contributed by atoms with Gasteiger partial charge < -0.3 is 25.4 Å². The number of aromatic amines is 2. The number of hydrogen-bond acceptors (Lipinski definition) is 15. The van der Waals surface area contributed by atoms with E-state index in [4.69, 9.17) is 14.8 Å². The minimum absolute atomic E-state index is 0.0924. The van der Waals surface area contributed by atoms with Gasteiger partial charge in [-0.25, -0.2) is 22.4 Å². The second-order valence-corrected chi connectivity index (χ2v) is 16.3. The molecule has 0 bridgehead atoms. The number of halogens is 3. The van der Waals surface area contributed by atoms with Crippen LogP contribution in [-0.4, -0.2) is 50.8 Å². The highest BCUT2D eigenvalue weighted by molar-refractivity contribution is 9.10. The fraction of sp³-hybridized carbons (Fsp3) is 0. The van der Waals surface area contributed by atoms with Gasteiger partial charge in [0.25, 0.3) is 21.8 Å². The number of rotatable bonds is 9. The lowest BCUT2D eigenvalue weighted by Gasteiger charge is -2.09. The number of anilines is 4. The van der Waals surface area contributed by atoms with Gasteiger partial charge in [0.05, 0.1) is 27.0 Å². The van der Waals surface area contributed by atoms with E-state index < -0.39 is 39.2 Å². The summed E-state index contributed by atoms with van der Waals surface area (Å²) in [7, 11) is -4.02. The molecule has 7 N–H and O–H groups in total. The van der Waals surface area contributed by atoms with Gasteiger partial charge in [-0.2, -0.15) is 0 Å². The molecule has 0 saturated carbocycles. The molecule has 4 heterocycles. The van der Waals surface area contributed by atoms with Crippen molar-refractivity contribution in [1.29, 1.82) is 0 Å². The monoisotopic (exact) mass is 988 g/mol. The SMILES string of the molecule is Nc1ccc2onc(C(=O)Nc3ccc(Br)cc3-c3noc(=O)[nH]3)c2c1.O=C(Nc1ccc(Br)cc1-c1noc(=O)[nH]1)c1noc2ccc(NS(=O)(=O)c3ccc(F)cc3)cc12. The molecule has 0 unspecified atom stereocenters. The van der Waals surface area contributed by atoms with E-state index >= 15 is 0 Å². The normalized spacial score (nSPS) is 11.3. The van der Waals surface area contributed by atoms with E-state index in [1.54, 1.807) is 54.6 Å². The van der Waals surface area contributed by atoms with Crippen molar-refractivity contribution < 1.29 is 40.5 Å². The quantitative estimate of drug-likeness (QED) is 0.0802. The van der Waals surface area contributed by atoms with E-state index in [1.165, 1.54) is 18.2 Å². The Hall–Kier alpha value is -7.70. The first-order valence-electron chi connectivity index (χ1n) is 17.4. The molecule has 20 nitrogen and oxygen atoms in total. The van der Waals surface area contributed by atoms with E-state index in [0.717, 1.165) is 28.7 Å². The minimum Gasteiger partial charge on any atom is -0.399 e. The zero-order valence-electron chi connectivity index (χ0n) is 30.7. The number of nitrogen functional groups attached to an aromatic ring is 1. The number of sulfonamides is 1. The van der Waals surface area contributed by atoms with Crippen LogP contribution in [0.4, 0.5) is 27.1 Å². The van der Waals surface area contributed by atoms with Crippen molar-refractivity contribution in [2.45, 2.75) is 4.90 Å². The van der Waals surface area contributed by atoms with Gasteiger partial charge in [-0.3, -0.25) is 33.3 Å². The molecule has 62 heavy (non-hydrogen) atoms. The second kappa shape index (κ2) is 16.7. The Labute approximate surface area is 360 Å². The molecule has 4 aromatic heterocycles. The highest BCUT2D eigenvalue weighted by atomic mass is 79.9. The molecule has 0 aliphatic heterocycles. The van der Waals surface area contributed by atoms with Gasteiger partial charge in [0, 0.05) is 31.4 Å². The Morgan fingerprint density at radius 1 is 0.629 bits per heavy atom. The van der Waals surface area contributed by atoms with Crippen LogP contribution >= 0.6 is 31.9 Å². The fourth-order valence-electron chi connectivity index (χ4n) is 5.81. The molecule has 0 radical (unpaired) electrons. The van der Waals surface area contributed by atoms with Crippen molar-refractivity contribution in [1.82, 2.24) is 30.6 Å². The van der Waals surface area contributed by atoms with Crippen LogP contribution in [0.15, 0.2) is 139 Å². The van der Waals surface area contributed by atoms with E-state index in [1.807, 2.05) is 0 Å². The van der Waals surface area contributed by atoms with Crippen LogP contribution in [0.25, 0.3) is 44.7 Å². The molecule has 0 aliphatic rings. The van der Waals surface area contributed by atoms with Crippen LogP contribution < -0.4 is 32.6 Å². The predicted molar refractivity (Wildman–Crippen MR) is 226 cm³/mol. The summed E-state index contributed by atoms with van der Waals surface area (Å²) in [5.74, 6) is -2.92. The van der Waals surface area contributed by atoms with Crippen molar-refractivity contribution in [2.75, 3.05) is 21.1 Å². The number of fused-ring (bicyclic) bond motifs is 2. The molecule has 9 aromatic rings. The van der Waals surface area contributed by atoms with Gasteiger partial charge in [-0.15, -0.1) is 0 Å². The number of benzene rings is 5. The molecule has 312 valence electrons. The smallest absolute Gasteiger partial charge is 0.399 e. The number of aromatic nitrogens is 6. The third-order valence-corrected chi connectivity index (χ3v) is 11.0. The fourth-order valence-corrected chi connectivity index (χ4v) is 7.58. The maximum absolute atomic E-state index is 13.2. The summed E-state index contributed by atoms with van der Waals surface area (Å²) in [6, 6.07) is 23.4. The van der Waals surface area contributed by atoms with E-state index in [2.05, 4.69) is 86.9 Å². The lowest BCUT2D eigenvalue weighted by atomic mass is 10.1. The minimum atomic E-state index is -4.02. The molecular formula is C38H23Br2FN10O10S. The standard InChI is InChI=1S/C22H13BrFN5O6S.C16H10BrN5O4/c23-11-1-7-17(15(9-11)20-26-22(31)35-28-20)25-21(30)19-16-10-13(4-8-18(16)34-27-19)29-36(32,33)14-5-2-12(24)3-6-14;17-7-1-3-11(9(5-7)14-20-16(24)26-22-14)19-15(23)13-10-6-8(18)2-4-12(10)25-21-13/h1-10,29H,(H,25,30)(H,26,28,31);1-6H,18H2,(H,19,23)(H,20,22,24). The highest BCUT2D eigenvalue weighted by Crippen LogP contribution is 2.32. The first-order valence-corrected chi connectivity index (χ1v) is 20.4. The van der Waals surface area contributed by atoms with Crippen LogP contribution in [-0.2, 0) is 10.0 Å². The average molecular weight is 991 g/mol. The molecular weight excluding hydrogens is 967 g/mol. The molecule has 5 aromatic carbocycles. The molecule has 24 heteroatoms. The van der Waals surface area contributed by atoms with E-state index in [-0.39, 0.29) is 50.3 Å². The van der Waals surface area contributed by atoms with E-state index in [0.29, 0.717) is 37.9 Å². The maximum atomic E-state index is 13.2. The molecule has 0 fully saturated rings. The van der Waals surface area contributed by atoms with Crippen LogP contribution in [0, 0.1) is 5.82 Å². The number of nitrogens with one attached hydrogen (secondary N) is 5. The summed E-state index contributed by atoms with van der Waals surface area (Å²) in [6.45, 7) is 0. The zero-order chi connectivity index (χ0) is 43.7. The number of nitrogens with zero attached hydrogens (tertiary/aromatic N) is 4. The number of carbonyl (C=O) groups excluding carboxylic acids is 2. The Morgan fingerprint density at radius 3 is 1.63 bits per heavy atom. The summed E-state index contributed by atoms with van der Waals surface area (Å²) in [6.07, 6.45) is 0. The maximum Gasteiger partial charge on any atom is 0.439 e. The number of carbonyl (C=O) groups is 2. The molecule has 0 aliphatic carbocycles. The number of H-pyrrole nitrogens is 2. The Balaban J connectivity index is 0.000000180. The average Bonchev–Trinajstić information content (AvgIpc) is 4.06. The van der Waals surface area contributed by atoms with Gasteiger partial charge in [0.15, 0.2) is 34.2 Å². The molecule has 2 amide bonds. The first kappa shape index (κ1) is 41.1. The van der Waals surface area contributed by atoms with Gasteiger partial charge in [-0.1, -0.05) is 52.5 Å². The summed E-state index contributed by atoms with van der Waals surface area (Å²) in [4.78, 5) is 53.1. The van der Waals surface area contributed by atoms with Gasteiger partial charge >= 0.3 is 11.5 Å². The zero-order valence-corrected chi connectivity index (χ0v) is 34.7. The largest absolute Gasteiger partial charge is 0.439 e. The third-order valence-electron chi connectivity index (χ3n) is 8.62. The number of amides is 2. The third kappa shape index (κ3) is 8.77. The number of nitrogens with two attached hydrogens (primary N) is 1. The van der Waals surface area contributed by atoms with Crippen molar-refractivity contribution in [3.05, 3.63) is 144 Å². The summed E-state index contributed by atoms with van der Waals surface area (Å²) >= 11 is 6.67. The topological polar surface area (TPSA) is 300 Å². The van der Waals surface area contributed by atoms with Gasteiger partial charge in [-0.05, 0) is 97.1 Å². The summed E-state index contributed by atoms with van der Waals surface area (Å²) in [5, 5.41) is 21.1. The summed E-state index contributed by atoms with van der Waals surface area (Å²) < 4.78 is 61.7. The van der Waals surface area contributed by atoms with Gasteiger partial charge in [0.2, 0.25) is 0 Å². The lowest BCUT2D eigenvalue weighted by Crippen LogP contribution is -2.14. The molecule has 9 rings (SSSR count). The van der Waals surface area contributed by atoms with Crippen molar-refractivity contribution in [3.8, 4) is 22.8 Å². The van der Waals surface area contributed by atoms with Crippen LogP contribution in [0.5, 0.6) is 0 Å².